The van der Waals surface area contributed by atoms with Gasteiger partial charge in [-0.25, -0.2) is 4.79 Å². The maximum atomic E-state index is 10.4. The highest BCUT2D eigenvalue weighted by Crippen LogP contribution is 2.25. The Kier molecular flexibility index (Phi) is 5.80. The molecule has 1 saturated heterocycles. The fraction of sp³-hybridized carbons (Fsp3) is 0.500. The smallest absolute Gasteiger partial charge is 0.326 e. The van der Waals surface area contributed by atoms with Crippen LogP contribution in [0, 0.1) is 0 Å². The molecule has 2 atom stereocenters. The number of carboxylic acid groups (broad SMARTS) is 1. The Labute approximate surface area is 135 Å². The number of fused-ring (bicyclic) bond motifs is 1. The van der Waals surface area contributed by atoms with Crippen molar-refractivity contribution < 1.29 is 14.7 Å². The summed E-state index contributed by atoms with van der Waals surface area (Å²) in [6, 6.07) is 5.60. The highest BCUT2D eigenvalue weighted by atomic mass is 35.5. The van der Waals surface area contributed by atoms with E-state index in [-0.39, 0.29) is 5.91 Å². The van der Waals surface area contributed by atoms with Crippen molar-refractivity contribution in [1.29, 1.82) is 0 Å². The minimum Gasteiger partial charge on any atom is -0.480 e. The van der Waals surface area contributed by atoms with Gasteiger partial charge >= 0.3 is 5.97 Å². The molecular formula is C16H21ClN2O3. The molecule has 1 fully saturated rings. The third-order valence-corrected chi connectivity index (χ3v) is 4.19. The van der Waals surface area contributed by atoms with Crippen LogP contribution < -0.4 is 10.6 Å². The molecule has 3 rings (SSSR count). The molecule has 120 valence electrons. The molecule has 0 aliphatic carbocycles. The van der Waals surface area contributed by atoms with Gasteiger partial charge in [-0.05, 0) is 48.6 Å². The van der Waals surface area contributed by atoms with Crippen LogP contribution in [0.4, 0.5) is 0 Å². The molecule has 0 radical (unpaired) electrons. The zero-order chi connectivity index (χ0) is 16.1. The van der Waals surface area contributed by atoms with E-state index in [1.54, 1.807) is 0 Å². The van der Waals surface area contributed by atoms with E-state index in [0.29, 0.717) is 18.8 Å². The maximum Gasteiger partial charge on any atom is 0.326 e. The van der Waals surface area contributed by atoms with Crippen LogP contribution >= 0.6 is 11.6 Å². The molecule has 6 heteroatoms. The Bertz CT molecular complexity index is 562. The van der Waals surface area contributed by atoms with Crippen molar-refractivity contribution in [2.24, 2.45) is 0 Å². The monoisotopic (exact) mass is 324 g/mol. The van der Waals surface area contributed by atoms with Crippen LogP contribution in [-0.2, 0) is 16.0 Å². The lowest BCUT2D eigenvalue weighted by Crippen LogP contribution is -2.32. The van der Waals surface area contributed by atoms with Crippen LogP contribution in [0.1, 0.15) is 36.8 Å². The van der Waals surface area contributed by atoms with Gasteiger partial charge in [0.1, 0.15) is 6.04 Å². The van der Waals surface area contributed by atoms with Crippen molar-refractivity contribution in [2.45, 2.75) is 38.1 Å². The van der Waals surface area contributed by atoms with Crippen LogP contribution in [0.15, 0.2) is 18.2 Å². The summed E-state index contributed by atoms with van der Waals surface area (Å²) < 4.78 is 0. The van der Waals surface area contributed by atoms with Gasteiger partial charge in [0.25, 0.3) is 0 Å². The van der Waals surface area contributed by atoms with E-state index in [4.69, 9.17) is 16.7 Å². The predicted molar refractivity (Wildman–Crippen MR) is 85.2 cm³/mol. The minimum absolute atomic E-state index is 0.164. The zero-order valence-corrected chi connectivity index (χ0v) is 13.3. The fourth-order valence-corrected chi connectivity index (χ4v) is 2.88. The Hall–Kier alpha value is -1.59. The third kappa shape index (κ3) is 4.45. The SMILES string of the molecule is CC1CNCCc2ccc(Cl)cc21.O=C1CCC(C(=O)O)N1. The van der Waals surface area contributed by atoms with Gasteiger partial charge in [0.2, 0.25) is 5.91 Å². The Balaban J connectivity index is 0.000000172. The van der Waals surface area contributed by atoms with E-state index in [1.807, 2.05) is 6.07 Å². The number of hydrogen-bond acceptors (Lipinski definition) is 3. The molecule has 22 heavy (non-hydrogen) atoms. The first-order valence-corrected chi connectivity index (χ1v) is 7.86. The number of carbonyl (C=O) groups excluding carboxylic acids is 1. The summed E-state index contributed by atoms with van der Waals surface area (Å²) in [5, 5.41) is 14.9. The number of aliphatic carboxylic acids is 1. The highest BCUT2D eigenvalue weighted by molar-refractivity contribution is 6.30. The first kappa shape index (κ1) is 16.8. The van der Waals surface area contributed by atoms with Gasteiger partial charge in [0, 0.05) is 18.0 Å². The van der Waals surface area contributed by atoms with E-state index in [0.717, 1.165) is 24.5 Å². The number of hydrogen-bond donors (Lipinski definition) is 3. The van der Waals surface area contributed by atoms with Crippen LogP contribution in [0.5, 0.6) is 0 Å². The number of carboxylic acids is 1. The second-order valence-corrected chi connectivity index (χ2v) is 6.13. The molecule has 3 N–H and O–H groups in total. The first-order valence-electron chi connectivity index (χ1n) is 7.48. The number of nitrogens with one attached hydrogen (secondary N) is 2. The second kappa shape index (κ2) is 7.61. The van der Waals surface area contributed by atoms with Gasteiger partial charge < -0.3 is 15.7 Å². The summed E-state index contributed by atoms with van der Waals surface area (Å²) >= 11 is 5.97. The molecule has 5 nitrogen and oxygen atoms in total. The summed E-state index contributed by atoms with van der Waals surface area (Å²) in [6.45, 7) is 4.39. The van der Waals surface area contributed by atoms with Gasteiger partial charge in [-0.3, -0.25) is 4.79 Å². The summed E-state index contributed by atoms with van der Waals surface area (Å²) in [7, 11) is 0. The molecule has 1 aromatic rings. The van der Waals surface area contributed by atoms with Gasteiger partial charge in [-0.1, -0.05) is 24.6 Å². The van der Waals surface area contributed by atoms with Crippen molar-refractivity contribution in [3.8, 4) is 0 Å². The molecular weight excluding hydrogens is 304 g/mol. The zero-order valence-electron chi connectivity index (χ0n) is 12.6. The Morgan fingerprint density at radius 3 is 2.73 bits per heavy atom. The normalized spacial score (nSPS) is 23.6. The lowest BCUT2D eigenvalue weighted by atomic mass is 9.96. The van der Waals surface area contributed by atoms with E-state index in [1.165, 1.54) is 11.1 Å². The molecule has 1 amide bonds. The van der Waals surface area contributed by atoms with Crippen LogP contribution in [0.2, 0.25) is 5.02 Å². The Morgan fingerprint density at radius 1 is 1.36 bits per heavy atom. The predicted octanol–water partition coefficient (Wildman–Crippen LogP) is 1.94. The lowest BCUT2D eigenvalue weighted by Gasteiger charge is -2.11. The number of amides is 1. The molecule has 2 aliphatic heterocycles. The van der Waals surface area contributed by atoms with E-state index >= 15 is 0 Å². The topological polar surface area (TPSA) is 78.4 Å². The molecule has 2 unspecified atom stereocenters. The molecule has 0 spiro atoms. The quantitative estimate of drug-likeness (QED) is 0.737. The summed E-state index contributed by atoms with van der Waals surface area (Å²) in [4.78, 5) is 20.5. The standard InChI is InChI=1S/C11H14ClN.C5H7NO3/c1-8-7-13-5-4-9-2-3-10(12)6-11(8)9;7-4-2-1-3(6-4)5(8)9/h2-3,6,8,13H,4-5,7H2,1H3;3H,1-2H2,(H,6,7)(H,8,9). The fourth-order valence-electron chi connectivity index (χ4n) is 2.70. The van der Waals surface area contributed by atoms with Gasteiger partial charge in [-0.15, -0.1) is 0 Å². The van der Waals surface area contributed by atoms with Crippen molar-refractivity contribution >= 4 is 23.5 Å². The molecule has 2 aliphatic rings. The van der Waals surface area contributed by atoms with E-state index in [2.05, 4.69) is 29.7 Å². The van der Waals surface area contributed by atoms with Crippen molar-refractivity contribution in [3.05, 3.63) is 34.3 Å². The first-order chi connectivity index (χ1) is 10.5. The molecule has 2 heterocycles. The Morgan fingerprint density at radius 2 is 2.14 bits per heavy atom. The van der Waals surface area contributed by atoms with Gasteiger partial charge in [0.15, 0.2) is 0 Å². The lowest BCUT2D eigenvalue weighted by molar-refractivity contribution is -0.140. The van der Waals surface area contributed by atoms with Crippen LogP contribution in [0.3, 0.4) is 0 Å². The summed E-state index contributed by atoms with van der Waals surface area (Å²) in [5.74, 6) is -0.528. The van der Waals surface area contributed by atoms with Crippen molar-refractivity contribution in [1.82, 2.24) is 10.6 Å². The maximum absolute atomic E-state index is 10.4. The molecule has 0 bridgehead atoms. The number of benzene rings is 1. The molecule has 0 saturated carbocycles. The number of rotatable bonds is 1. The average molecular weight is 325 g/mol. The molecule has 0 aromatic heterocycles. The van der Waals surface area contributed by atoms with Crippen molar-refractivity contribution in [2.75, 3.05) is 13.1 Å². The van der Waals surface area contributed by atoms with Crippen LogP contribution in [-0.4, -0.2) is 36.1 Å². The summed E-state index contributed by atoms with van der Waals surface area (Å²) in [6.07, 6.45) is 1.89. The van der Waals surface area contributed by atoms with Crippen LogP contribution in [0.25, 0.3) is 0 Å². The summed E-state index contributed by atoms with van der Waals surface area (Å²) in [5.41, 5.74) is 2.86. The third-order valence-electron chi connectivity index (χ3n) is 3.95. The number of carbonyl (C=O) groups is 2. The minimum atomic E-state index is -0.944. The van der Waals surface area contributed by atoms with Gasteiger partial charge in [-0.2, -0.15) is 0 Å². The average Bonchev–Trinajstić information content (AvgIpc) is 2.84. The molecule has 1 aromatic carbocycles. The van der Waals surface area contributed by atoms with Gasteiger partial charge in [0.05, 0.1) is 0 Å². The van der Waals surface area contributed by atoms with Crippen molar-refractivity contribution in [3.63, 3.8) is 0 Å². The number of halogens is 1. The van der Waals surface area contributed by atoms with E-state index < -0.39 is 12.0 Å². The highest BCUT2D eigenvalue weighted by Gasteiger charge is 2.26. The second-order valence-electron chi connectivity index (χ2n) is 5.70. The van der Waals surface area contributed by atoms with E-state index in [9.17, 15) is 9.59 Å². The largest absolute Gasteiger partial charge is 0.480 e.